The Hall–Kier alpha value is -2.33. The average Bonchev–Trinajstić information content (AvgIpc) is 2.55. The molecule has 3 rings (SSSR count). The van der Waals surface area contributed by atoms with E-state index >= 15 is 0 Å². The van der Waals surface area contributed by atoms with Gasteiger partial charge < -0.3 is 5.32 Å². The Morgan fingerprint density at radius 3 is 2.50 bits per heavy atom. The number of hydrazine groups is 1. The lowest BCUT2D eigenvalue weighted by atomic mass is 9.90. The summed E-state index contributed by atoms with van der Waals surface area (Å²) in [7, 11) is 0. The highest BCUT2D eigenvalue weighted by atomic mass is 32.1. The van der Waals surface area contributed by atoms with Crippen molar-refractivity contribution in [2.45, 2.75) is 33.6 Å². The van der Waals surface area contributed by atoms with E-state index in [1.165, 1.54) is 27.8 Å². The highest BCUT2D eigenvalue weighted by Crippen LogP contribution is 2.28. The van der Waals surface area contributed by atoms with Gasteiger partial charge in [0.1, 0.15) is 0 Å². The molecule has 0 heterocycles. The monoisotopic (exact) mass is 337 g/mol. The van der Waals surface area contributed by atoms with Crippen molar-refractivity contribution in [3.05, 3.63) is 70.3 Å². The summed E-state index contributed by atoms with van der Waals surface area (Å²) < 4.78 is 0. The predicted octanol–water partition coefficient (Wildman–Crippen LogP) is 4.39. The third-order valence-corrected chi connectivity index (χ3v) is 4.47. The van der Waals surface area contributed by atoms with Crippen molar-refractivity contribution in [3.8, 4) is 0 Å². The normalized spacial score (nSPS) is 12.9. The molecule has 0 amide bonds. The summed E-state index contributed by atoms with van der Waals surface area (Å²) in [6.45, 7) is 6.39. The maximum absolute atomic E-state index is 5.38. The number of fused-ring (bicyclic) bond motifs is 1. The predicted molar refractivity (Wildman–Crippen MR) is 106 cm³/mol. The van der Waals surface area contributed by atoms with E-state index in [1.807, 2.05) is 12.1 Å². The van der Waals surface area contributed by atoms with Crippen LogP contribution in [0, 0.1) is 20.8 Å². The summed E-state index contributed by atoms with van der Waals surface area (Å²) in [6.07, 6.45) is 4.36. The van der Waals surface area contributed by atoms with Crippen molar-refractivity contribution in [1.29, 1.82) is 0 Å². The molecular formula is C20H23N3S. The molecule has 0 radical (unpaired) electrons. The van der Waals surface area contributed by atoms with Crippen LogP contribution >= 0.6 is 12.2 Å². The second-order valence-corrected chi connectivity index (χ2v) is 6.74. The van der Waals surface area contributed by atoms with Crippen LogP contribution in [0.4, 0.5) is 5.69 Å². The number of aryl methyl sites for hydroxylation is 3. The number of thiocarbonyl (C=S) groups is 1. The SMILES string of the molecule is Cc1ccc(NC(=S)NNC2=CCCc3c(C)cc(C)cc32)cc1. The van der Waals surface area contributed by atoms with E-state index in [2.05, 4.69) is 67.3 Å². The maximum Gasteiger partial charge on any atom is 0.189 e. The number of nitrogens with one attached hydrogen (secondary N) is 3. The topological polar surface area (TPSA) is 36.1 Å². The minimum Gasteiger partial charge on any atom is -0.331 e. The highest BCUT2D eigenvalue weighted by molar-refractivity contribution is 7.80. The molecule has 0 unspecified atom stereocenters. The Bertz CT molecular complexity index is 791. The highest BCUT2D eigenvalue weighted by Gasteiger charge is 2.15. The van der Waals surface area contributed by atoms with Gasteiger partial charge >= 0.3 is 0 Å². The van der Waals surface area contributed by atoms with Crippen molar-refractivity contribution >= 4 is 28.7 Å². The third-order valence-electron chi connectivity index (χ3n) is 4.27. The molecule has 4 heteroatoms. The molecule has 1 aliphatic rings. The lowest BCUT2D eigenvalue weighted by molar-refractivity contribution is 0.824. The first-order valence-corrected chi connectivity index (χ1v) is 8.64. The van der Waals surface area contributed by atoms with Gasteiger partial charge in [0.25, 0.3) is 0 Å². The number of allylic oxidation sites excluding steroid dienone is 1. The fourth-order valence-corrected chi connectivity index (χ4v) is 3.25. The minimum atomic E-state index is 0.552. The van der Waals surface area contributed by atoms with E-state index in [1.54, 1.807) is 0 Å². The van der Waals surface area contributed by atoms with Gasteiger partial charge in [0.05, 0.1) is 5.70 Å². The van der Waals surface area contributed by atoms with Crippen LogP contribution in [-0.4, -0.2) is 5.11 Å². The Labute approximate surface area is 149 Å². The first-order chi connectivity index (χ1) is 11.5. The van der Waals surface area contributed by atoms with Crippen molar-refractivity contribution in [2.75, 3.05) is 5.32 Å². The molecule has 3 N–H and O–H groups in total. The lowest BCUT2D eigenvalue weighted by Gasteiger charge is -2.23. The van der Waals surface area contributed by atoms with E-state index in [4.69, 9.17) is 12.2 Å². The molecule has 0 atom stereocenters. The summed E-state index contributed by atoms with van der Waals surface area (Å²) in [5.41, 5.74) is 15.0. The van der Waals surface area contributed by atoms with Crippen LogP contribution in [-0.2, 0) is 6.42 Å². The molecule has 124 valence electrons. The first kappa shape index (κ1) is 16.5. The Balaban J connectivity index is 1.66. The number of anilines is 1. The number of hydrogen-bond donors (Lipinski definition) is 3. The Kier molecular flexibility index (Phi) is 4.86. The van der Waals surface area contributed by atoms with Gasteiger partial charge in [-0.15, -0.1) is 0 Å². The van der Waals surface area contributed by atoms with E-state index in [0.717, 1.165) is 24.2 Å². The molecule has 1 aliphatic carbocycles. The Morgan fingerprint density at radius 2 is 1.75 bits per heavy atom. The third kappa shape index (κ3) is 3.77. The average molecular weight is 337 g/mol. The largest absolute Gasteiger partial charge is 0.331 e. The van der Waals surface area contributed by atoms with E-state index in [-0.39, 0.29) is 0 Å². The van der Waals surface area contributed by atoms with Gasteiger partial charge in [0.2, 0.25) is 0 Å². The summed E-state index contributed by atoms with van der Waals surface area (Å²) in [4.78, 5) is 0. The van der Waals surface area contributed by atoms with Gasteiger partial charge in [-0.25, -0.2) is 0 Å². The van der Waals surface area contributed by atoms with E-state index in [0.29, 0.717) is 5.11 Å². The zero-order valence-electron chi connectivity index (χ0n) is 14.4. The van der Waals surface area contributed by atoms with Crippen molar-refractivity contribution in [3.63, 3.8) is 0 Å². The molecule has 0 bridgehead atoms. The van der Waals surface area contributed by atoms with Crippen LogP contribution < -0.4 is 16.2 Å². The van der Waals surface area contributed by atoms with Gasteiger partial charge in [-0.05, 0) is 75.2 Å². The second kappa shape index (κ2) is 7.05. The van der Waals surface area contributed by atoms with E-state index < -0.39 is 0 Å². The van der Waals surface area contributed by atoms with Crippen molar-refractivity contribution in [2.24, 2.45) is 0 Å². The van der Waals surface area contributed by atoms with Crippen LogP contribution in [0.15, 0.2) is 42.5 Å². The molecule has 0 saturated heterocycles. The molecular weight excluding hydrogens is 314 g/mol. The van der Waals surface area contributed by atoms with Gasteiger partial charge in [-0.1, -0.05) is 35.4 Å². The van der Waals surface area contributed by atoms with Gasteiger partial charge in [-0.3, -0.25) is 10.9 Å². The fraction of sp³-hybridized carbons (Fsp3) is 0.250. The Morgan fingerprint density at radius 1 is 1.00 bits per heavy atom. The molecule has 24 heavy (non-hydrogen) atoms. The van der Waals surface area contributed by atoms with Gasteiger partial charge in [0, 0.05) is 11.3 Å². The molecule has 0 aliphatic heterocycles. The molecule has 2 aromatic rings. The molecule has 2 aromatic carbocycles. The van der Waals surface area contributed by atoms with Crippen LogP contribution in [0.3, 0.4) is 0 Å². The van der Waals surface area contributed by atoms with Crippen LogP contribution in [0.25, 0.3) is 5.70 Å². The standard InChI is InChI=1S/C20H23N3S/c1-13-7-9-16(10-8-13)21-20(24)23-22-19-6-4-5-17-15(3)11-14(2)12-18(17)19/h6-12,22H,4-5H2,1-3H3,(H2,21,23,24). The first-order valence-electron chi connectivity index (χ1n) is 8.23. The molecule has 3 nitrogen and oxygen atoms in total. The summed E-state index contributed by atoms with van der Waals surface area (Å²) in [6, 6.07) is 12.6. The fourth-order valence-electron chi connectivity index (χ4n) is 3.08. The van der Waals surface area contributed by atoms with Gasteiger partial charge in [0.15, 0.2) is 5.11 Å². The quantitative estimate of drug-likeness (QED) is 0.573. The number of benzene rings is 2. The minimum absolute atomic E-state index is 0.552. The van der Waals surface area contributed by atoms with E-state index in [9.17, 15) is 0 Å². The van der Waals surface area contributed by atoms with Crippen LogP contribution in [0.2, 0.25) is 0 Å². The zero-order chi connectivity index (χ0) is 17.1. The summed E-state index contributed by atoms with van der Waals surface area (Å²) in [5.74, 6) is 0. The summed E-state index contributed by atoms with van der Waals surface area (Å²) >= 11 is 5.38. The second-order valence-electron chi connectivity index (χ2n) is 6.33. The maximum atomic E-state index is 5.38. The summed E-state index contributed by atoms with van der Waals surface area (Å²) in [5, 5.41) is 3.74. The lowest BCUT2D eigenvalue weighted by Crippen LogP contribution is -2.39. The molecule has 0 fully saturated rings. The smallest absolute Gasteiger partial charge is 0.189 e. The molecule has 0 spiro atoms. The zero-order valence-corrected chi connectivity index (χ0v) is 15.2. The molecule has 0 aromatic heterocycles. The number of hydrogen-bond acceptors (Lipinski definition) is 2. The van der Waals surface area contributed by atoms with Gasteiger partial charge in [-0.2, -0.15) is 0 Å². The molecule has 0 saturated carbocycles. The van der Waals surface area contributed by atoms with Crippen LogP contribution in [0.5, 0.6) is 0 Å². The number of rotatable bonds is 3. The van der Waals surface area contributed by atoms with Crippen molar-refractivity contribution < 1.29 is 0 Å². The van der Waals surface area contributed by atoms with Crippen molar-refractivity contribution in [1.82, 2.24) is 10.9 Å². The van der Waals surface area contributed by atoms with Crippen LogP contribution in [0.1, 0.15) is 34.2 Å².